The van der Waals surface area contributed by atoms with Gasteiger partial charge in [0.15, 0.2) is 0 Å². The third-order valence-corrected chi connectivity index (χ3v) is 9.70. The van der Waals surface area contributed by atoms with Gasteiger partial charge in [-0.2, -0.15) is 0 Å². The van der Waals surface area contributed by atoms with Crippen LogP contribution in [-0.4, -0.2) is 53.6 Å². The van der Waals surface area contributed by atoms with Crippen LogP contribution >= 0.6 is 0 Å². The SMILES string of the molecule is C=Cc1c2[n-]c(c1C)/C=C1\NC(C3=c4[n-]c(c(C)c4=C(O)[C@@H]3C(=O)OC)/C=c3\[n-]/c(c(C)c3CC)=C\2)[C@@H](CCC=O)[C@@H]1C.[Mg+2]. The van der Waals surface area contributed by atoms with Gasteiger partial charge in [0.25, 0.3) is 0 Å². The van der Waals surface area contributed by atoms with Crippen LogP contribution in [0.4, 0.5) is 0 Å². The predicted octanol–water partition coefficient (Wildman–Crippen LogP) is 1.14. The quantitative estimate of drug-likeness (QED) is 0.245. The van der Waals surface area contributed by atoms with Gasteiger partial charge in [0.2, 0.25) is 0 Å². The van der Waals surface area contributed by atoms with E-state index in [1.54, 1.807) is 0 Å². The molecule has 3 aromatic heterocycles. The van der Waals surface area contributed by atoms with Crippen LogP contribution in [0, 0.1) is 38.5 Å². The molecular formula is C35H37MgN4O4-. The number of hydrogen-bond donors (Lipinski definition) is 2. The van der Waals surface area contributed by atoms with Crippen LogP contribution in [0.2, 0.25) is 0 Å². The maximum absolute atomic E-state index is 13.2. The zero-order valence-corrected chi connectivity index (χ0v) is 27.7. The Morgan fingerprint density at radius 3 is 2.41 bits per heavy atom. The van der Waals surface area contributed by atoms with Crippen LogP contribution in [-0.2, 0) is 20.7 Å². The predicted molar refractivity (Wildman–Crippen MR) is 172 cm³/mol. The van der Waals surface area contributed by atoms with Gasteiger partial charge in [-0.15, -0.1) is 33.1 Å². The summed E-state index contributed by atoms with van der Waals surface area (Å²) in [5.74, 6) is -1.59. The number of aldehydes is 1. The molecule has 0 amide bonds. The third-order valence-electron chi connectivity index (χ3n) is 9.70. The topological polar surface area (TPSA) is 118 Å². The fraction of sp³-hybridized carbons (Fsp3) is 0.371. The average Bonchev–Trinajstić information content (AvgIpc) is 3.72. The summed E-state index contributed by atoms with van der Waals surface area (Å²) in [4.78, 5) is 39.9. The normalized spacial score (nSPS) is 24.3. The molecule has 8 nitrogen and oxygen atoms in total. The van der Waals surface area contributed by atoms with Crippen LogP contribution in [0.1, 0.15) is 71.6 Å². The van der Waals surface area contributed by atoms with Crippen LogP contribution in [0.25, 0.3) is 35.6 Å². The van der Waals surface area contributed by atoms with Gasteiger partial charge in [-0.05, 0) is 50.7 Å². The maximum atomic E-state index is 13.2. The van der Waals surface area contributed by atoms with Gasteiger partial charge in [-0.25, -0.2) is 0 Å². The van der Waals surface area contributed by atoms with Crippen LogP contribution in [0.15, 0.2) is 12.3 Å². The molecule has 1 unspecified atom stereocenters. The smallest absolute Gasteiger partial charge is 0.657 e. The van der Waals surface area contributed by atoms with Crippen LogP contribution in [0.5, 0.6) is 0 Å². The van der Waals surface area contributed by atoms with Crippen LogP contribution < -0.4 is 41.5 Å². The Morgan fingerprint density at radius 1 is 1.05 bits per heavy atom. The number of aliphatic hydroxyl groups excluding tert-OH is 1. The molecule has 0 spiro atoms. The first-order valence-corrected chi connectivity index (χ1v) is 14.9. The van der Waals surface area contributed by atoms with E-state index in [1.165, 1.54) is 7.11 Å². The molecule has 1 fully saturated rings. The molecule has 8 bridgehead atoms. The summed E-state index contributed by atoms with van der Waals surface area (Å²) >= 11 is 0. The maximum Gasteiger partial charge on any atom is 2.00 e. The molecule has 0 radical (unpaired) electrons. The molecule has 9 heteroatoms. The first-order chi connectivity index (χ1) is 20.6. The van der Waals surface area contributed by atoms with E-state index in [4.69, 9.17) is 19.7 Å². The van der Waals surface area contributed by atoms with Gasteiger partial charge in [-0.3, -0.25) is 4.79 Å². The number of fused-ring (bicyclic) bond motifs is 8. The van der Waals surface area contributed by atoms with Crippen molar-refractivity contribution < 1.29 is 19.4 Å². The van der Waals surface area contributed by atoms with Crippen molar-refractivity contribution in [2.24, 2.45) is 17.8 Å². The van der Waals surface area contributed by atoms with E-state index in [1.807, 2.05) is 32.1 Å². The molecule has 2 aliphatic heterocycles. The number of nitrogens with zero attached hydrogens (tertiary/aromatic N) is 3. The Morgan fingerprint density at radius 2 is 1.75 bits per heavy atom. The Hall–Kier alpha value is -3.69. The molecular weight excluding hydrogens is 565 g/mol. The van der Waals surface area contributed by atoms with Gasteiger partial charge in [-0.1, -0.05) is 67.0 Å². The first-order valence-electron chi connectivity index (χ1n) is 14.9. The van der Waals surface area contributed by atoms with Gasteiger partial charge in [0.05, 0.1) is 13.2 Å². The number of nitrogens with one attached hydrogen (secondary N) is 1. The van der Waals surface area contributed by atoms with Gasteiger partial charge in [0.1, 0.15) is 18.0 Å². The summed E-state index contributed by atoms with van der Waals surface area (Å²) < 4.78 is 5.20. The van der Waals surface area contributed by atoms with E-state index in [0.717, 1.165) is 68.3 Å². The number of esters is 1. The van der Waals surface area contributed by atoms with Crippen molar-refractivity contribution in [2.45, 2.75) is 59.9 Å². The zero-order valence-electron chi connectivity index (χ0n) is 26.2. The monoisotopic (exact) mass is 601 g/mol. The molecule has 3 aliphatic rings. The Balaban J connectivity index is 0.00000384. The van der Waals surface area contributed by atoms with Crippen LogP contribution in [0.3, 0.4) is 0 Å². The van der Waals surface area contributed by atoms with E-state index in [9.17, 15) is 14.7 Å². The molecule has 0 aromatic carbocycles. The summed E-state index contributed by atoms with van der Waals surface area (Å²) in [6, 6.07) is -0.360. The molecule has 1 saturated heterocycles. The number of carbonyl (C=O) groups excluding carboxylic acids is 2. The second kappa shape index (κ2) is 12.0. The van der Waals surface area contributed by atoms with E-state index in [-0.39, 0.29) is 46.7 Å². The molecule has 5 heterocycles. The van der Waals surface area contributed by atoms with E-state index in [0.29, 0.717) is 34.7 Å². The minimum Gasteiger partial charge on any atom is -0.657 e. The second-order valence-electron chi connectivity index (χ2n) is 11.8. The van der Waals surface area contributed by atoms with Crippen molar-refractivity contribution in [2.75, 3.05) is 7.11 Å². The number of ether oxygens (including phenoxy) is 1. The van der Waals surface area contributed by atoms with Crippen molar-refractivity contribution in [3.63, 3.8) is 0 Å². The zero-order chi connectivity index (χ0) is 30.7. The summed E-state index contributed by atoms with van der Waals surface area (Å²) in [5.41, 5.74) is 8.93. The average molecular weight is 602 g/mol. The summed E-state index contributed by atoms with van der Waals surface area (Å²) in [6.07, 6.45) is 10.6. The number of hydrogen-bond acceptors (Lipinski definition) is 5. The number of aromatic nitrogens is 3. The van der Waals surface area contributed by atoms with Crippen molar-refractivity contribution >= 4 is 70.9 Å². The van der Waals surface area contributed by atoms with Gasteiger partial charge < -0.3 is 34.9 Å². The Labute approximate surface area is 272 Å². The molecule has 44 heavy (non-hydrogen) atoms. The van der Waals surface area contributed by atoms with E-state index in [2.05, 4.69) is 38.7 Å². The fourth-order valence-electron chi connectivity index (χ4n) is 7.29. The fourth-order valence-corrected chi connectivity index (χ4v) is 7.29. The van der Waals surface area contributed by atoms with Gasteiger partial charge >= 0.3 is 29.0 Å². The Bertz CT molecular complexity index is 1970. The number of aliphatic hydroxyl groups is 1. The molecule has 0 saturated carbocycles. The van der Waals surface area contributed by atoms with Crippen molar-refractivity contribution in [1.29, 1.82) is 0 Å². The number of methoxy groups -OCH3 is 1. The van der Waals surface area contributed by atoms with E-state index >= 15 is 0 Å². The van der Waals surface area contributed by atoms with Gasteiger partial charge in [0, 0.05) is 23.3 Å². The number of rotatable bonds is 6. The second-order valence-corrected chi connectivity index (χ2v) is 11.8. The summed E-state index contributed by atoms with van der Waals surface area (Å²) in [6.45, 7) is 14.4. The first kappa shape index (κ1) is 31.7. The van der Waals surface area contributed by atoms with Crippen molar-refractivity contribution in [3.05, 3.63) is 78.4 Å². The summed E-state index contributed by atoms with van der Waals surface area (Å²) in [7, 11) is 1.33. The van der Waals surface area contributed by atoms with Crippen molar-refractivity contribution in [3.8, 4) is 0 Å². The minimum atomic E-state index is -0.985. The Kier molecular flexibility index (Phi) is 8.66. The standard InChI is InChI=1S/C35H37N4O4.Mg/c1-8-20-16(3)23-13-25-18(5)22(11-10-12-40)32(38-25)30-31(35(42)43-7)34(41)29-19(6)26(39-33(29)30)15-28-21(9-2)17(4)24(37-28)14-27(20)36-23;/h8,12-15,18,22,31-32,38,41H,1,9-11H2,2-7H3;/q-3;+2/b24-14-,25-13-,28-15-;/t18-,22-,31+,32?;/m0./s1. The molecule has 4 atom stereocenters. The summed E-state index contributed by atoms with van der Waals surface area (Å²) in [5, 5.41) is 18.1. The third kappa shape index (κ3) is 4.72. The minimum absolute atomic E-state index is 0. The van der Waals surface area contributed by atoms with Crippen molar-refractivity contribution in [1.82, 2.24) is 20.3 Å². The van der Waals surface area contributed by atoms with E-state index < -0.39 is 11.9 Å². The number of allylic oxidation sites excluding steroid dienone is 1. The molecule has 2 N–H and O–H groups in total. The molecule has 1 aliphatic carbocycles. The number of carbonyl (C=O) groups is 2. The molecule has 224 valence electrons. The molecule has 3 aromatic rings. The largest absolute Gasteiger partial charge is 2.00 e. The molecule has 6 rings (SSSR count).